The lowest BCUT2D eigenvalue weighted by Gasteiger charge is -2.41. The summed E-state index contributed by atoms with van der Waals surface area (Å²) in [5.41, 5.74) is -2.40. The van der Waals surface area contributed by atoms with E-state index in [1.165, 1.54) is 4.90 Å². The first-order valence-corrected chi connectivity index (χ1v) is 14.2. The molecule has 0 spiro atoms. The first-order valence-electron chi connectivity index (χ1n) is 14.2. The third-order valence-corrected chi connectivity index (χ3v) is 8.27. The minimum absolute atomic E-state index is 0.00366. The maximum atomic E-state index is 13.8. The molecule has 3 aromatic rings. The van der Waals surface area contributed by atoms with Gasteiger partial charge < -0.3 is 24.2 Å². The van der Waals surface area contributed by atoms with Crippen molar-refractivity contribution in [3.63, 3.8) is 0 Å². The van der Waals surface area contributed by atoms with Gasteiger partial charge in [0.05, 0.1) is 55.8 Å². The van der Waals surface area contributed by atoms with Gasteiger partial charge in [-0.2, -0.15) is 31.4 Å². The molecular weight excluding hydrogens is 610 g/mol. The first-order chi connectivity index (χ1) is 21.4. The zero-order chi connectivity index (χ0) is 31.9. The fraction of sp³-hybridized carbons (Fsp3) is 0.448. The van der Waals surface area contributed by atoms with Crippen molar-refractivity contribution in [2.24, 2.45) is 0 Å². The molecule has 0 radical (unpaired) electrons. The molecule has 0 aliphatic carbocycles. The number of H-pyrrole nitrogens is 1. The number of amides is 1. The summed E-state index contributed by atoms with van der Waals surface area (Å²) in [5, 5.41) is 5.46. The van der Waals surface area contributed by atoms with Crippen molar-refractivity contribution in [1.29, 1.82) is 0 Å². The van der Waals surface area contributed by atoms with Crippen LogP contribution in [-0.4, -0.2) is 71.5 Å². The van der Waals surface area contributed by atoms with E-state index >= 15 is 0 Å². The van der Waals surface area contributed by atoms with Gasteiger partial charge in [0.15, 0.2) is 11.6 Å². The highest BCUT2D eigenvalue weighted by atomic mass is 19.4. The molecule has 2 atom stereocenters. The van der Waals surface area contributed by atoms with Gasteiger partial charge in [-0.25, -0.2) is 10.1 Å². The number of rotatable bonds is 6. The van der Waals surface area contributed by atoms with Gasteiger partial charge in [0.1, 0.15) is 5.56 Å². The van der Waals surface area contributed by atoms with E-state index in [9.17, 15) is 35.9 Å². The van der Waals surface area contributed by atoms with Gasteiger partial charge in [-0.05, 0) is 17.2 Å². The van der Waals surface area contributed by atoms with E-state index in [0.717, 1.165) is 29.6 Å². The van der Waals surface area contributed by atoms with Crippen molar-refractivity contribution in [3.05, 3.63) is 75.3 Å². The molecule has 6 rings (SSSR count). The van der Waals surface area contributed by atoms with Crippen LogP contribution in [-0.2, 0) is 28.4 Å². The summed E-state index contributed by atoms with van der Waals surface area (Å²) >= 11 is 0. The smallest absolute Gasteiger partial charge is 0.423 e. The Hall–Kier alpha value is -4.34. The number of piperazine rings is 1. The van der Waals surface area contributed by atoms with Crippen LogP contribution in [0.1, 0.15) is 41.1 Å². The van der Waals surface area contributed by atoms with Gasteiger partial charge in [0.2, 0.25) is 5.91 Å². The first kappa shape index (κ1) is 30.7. The minimum Gasteiger partial charge on any atom is -0.490 e. The van der Waals surface area contributed by atoms with Crippen LogP contribution in [0.3, 0.4) is 0 Å². The van der Waals surface area contributed by atoms with Crippen LogP contribution in [0.4, 0.5) is 37.8 Å². The van der Waals surface area contributed by atoms with Crippen molar-refractivity contribution in [3.8, 4) is 5.75 Å². The van der Waals surface area contributed by atoms with E-state index in [1.54, 1.807) is 29.2 Å². The zero-order valence-electron chi connectivity index (χ0n) is 23.7. The Balaban J connectivity index is 1.09. The van der Waals surface area contributed by atoms with E-state index < -0.39 is 35.1 Å². The number of aromatic nitrogens is 3. The third-order valence-electron chi connectivity index (χ3n) is 8.27. The molecule has 0 bridgehead atoms. The van der Waals surface area contributed by atoms with Crippen molar-refractivity contribution >= 4 is 17.4 Å². The zero-order valence-corrected chi connectivity index (χ0v) is 23.7. The van der Waals surface area contributed by atoms with E-state index in [-0.39, 0.29) is 56.2 Å². The molecule has 16 heteroatoms. The summed E-state index contributed by atoms with van der Waals surface area (Å²) in [6.07, 6.45) is -7.20. The van der Waals surface area contributed by atoms with Gasteiger partial charge in [-0.15, -0.1) is 0 Å². The monoisotopic (exact) mass is 638 g/mol. The molecule has 240 valence electrons. The van der Waals surface area contributed by atoms with Gasteiger partial charge in [-0.1, -0.05) is 24.3 Å². The lowest BCUT2D eigenvalue weighted by Crippen LogP contribution is -2.55. The Morgan fingerprint density at radius 2 is 1.87 bits per heavy atom. The summed E-state index contributed by atoms with van der Waals surface area (Å²) in [5.74, 6) is 0.176. The Labute approximate surface area is 252 Å². The predicted octanol–water partition coefficient (Wildman–Crippen LogP) is 4.17. The number of ether oxygens (including phenoxy) is 2. The second-order valence-corrected chi connectivity index (χ2v) is 11.0. The van der Waals surface area contributed by atoms with Crippen molar-refractivity contribution in [2.75, 3.05) is 49.3 Å². The van der Waals surface area contributed by atoms with Gasteiger partial charge in [0, 0.05) is 38.8 Å². The van der Waals surface area contributed by atoms with E-state index in [0.29, 0.717) is 31.9 Å². The molecule has 1 fully saturated rings. The Bertz CT molecular complexity index is 1630. The highest BCUT2D eigenvalue weighted by Gasteiger charge is 2.42. The highest BCUT2D eigenvalue weighted by molar-refractivity contribution is 5.77. The average Bonchev–Trinajstić information content (AvgIpc) is 3.25. The molecule has 1 amide bonds. The molecule has 0 saturated carbocycles. The number of benzene rings is 1. The number of nitrogens with one attached hydrogen (secondary N) is 1. The van der Waals surface area contributed by atoms with E-state index in [4.69, 9.17) is 9.47 Å². The number of fused-ring (bicyclic) bond motifs is 4. The number of nitrogens with zero attached hydrogens (tertiary/aromatic N) is 5. The predicted molar refractivity (Wildman–Crippen MR) is 148 cm³/mol. The van der Waals surface area contributed by atoms with Crippen LogP contribution in [0.5, 0.6) is 5.75 Å². The fourth-order valence-corrected chi connectivity index (χ4v) is 6.12. The number of pyridine rings is 1. The van der Waals surface area contributed by atoms with Crippen molar-refractivity contribution in [2.45, 2.75) is 43.8 Å². The van der Waals surface area contributed by atoms with Crippen molar-refractivity contribution < 1.29 is 40.6 Å². The van der Waals surface area contributed by atoms with Crippen LogP contribution in [0, 0.1) is 0 Å². The molecule has 5 heterocycles. The number of anilines is 2. The maximum absolute atomic E-state index is 13.8. The summed E-state index contributed by atoms with van der Waals surface area (Å²) in [6.45, 7) is 1.24. The normalized spacial score (nSPS) is 19.8. The summed E-state index contributed by atoms with van der Waals surface area (Å²) in [7, 11) is 0. The SMILES string of the molecule is O=C(CCOCC1c2ccccc2CN1c1cn[nH]c(=O)c1C(F)(F)F)N1CCN2c3ncc(C(F)(F)F)cc3OCCC2C1. The molecule has 3 aliphatic rings. The molecule has 45 heavy (non-hydrogen) atoms. The lowest BCUT2D eigenvalue weighted by atomic mass is 10.1. The molecule has 10 nitrogen and oxygen atoms in total. The van der Waals surface area contributed by atoms with Crippen LogP contribution < -0.4 is 20.1 Å². The number of hydrogen-bond donors (Lipinski definition) is 1. The average molecular weight is 639 g/mol. The second kappa shape index (κ2) is 11.9. The number of hydrogen-bond acceptors (Lipinski definition) is 8. The molecule has 1 N–H and O–H groups in total. The third kappa shape index (κ3) is 6.15. The molecule has 2 aromatic heterocycles. The molecule has 2 unspecified atom stereocenters. The molecule has 3 aliphatic heterocycles. The number of carbonyl (C=O) groups excluding carboxylic acids is 1. The molecule has 1 saturated heterocycles. The maximum Gasteiger partial charge on any atom is 0.423 e. The number of aromatic amines is 1. The minimum atomic E-state index is -4.91. The number of alkyl halides is 6. The lowest BCUT2D eigenvalue weighted by molar-refractivity contribution is -0.139. The van der Waals surface area contributed by atoms with Crippen molar-refractivity contribution in [1.82, 2.24) is 20.1 Å². The van der Waals surface area contributed by atoms with Gasteiger partial charge in [0.25, 0.3) is 5.56 Å². The standard InChI is InChI=1S/C29H28F6N6O4/c30-28(31,32)18-11-23-26(36-12-18)40-8-7-39(15-19(40)5-10-45-23)24(42)6-9-44-16-22-20-4-2-1-3-17(20)14-41(22)21-13-37-38-27(43)25(21)29(33,34)35/h1-4,11-13,19,22H,5-10,14-16H2,(H,38,43). The molecule has 1 aromatic carbocycles. The van der Waals surface area contributed by atoms with E-state index in [1.807, 2.05) is 10.00 Å². The van der Waals surface area contributed by atoms with Crippen LogP contribution in [0.2, 0.25) is 0 Å². The second-order valence-electron chi connectivity index (χ2n) is 11.0. The van der Waals surface area contributed by atoms with E-state index in [2.05, 4.69) is 10.1 Å². The summed E-state index contributed by atoms with van der Waals surface area (Å²) < 4.78 is 92.5. The summed E-state index contributed by atoms with van der Waals surface area (Å²) in [4.78, 5) is 34.2. The highest BCUT2D eigenvalue weighted by Crippen LogP contribution is 2.42. The molecular formula is C29H28F6N6O4. The topological polar surface area (TPSA) is 104 Å². The fourth-order valence-electron chi connectivity index (χ4n) is 6.12. The summed E-state index contributed by atoms with van der Waals surface area (Å²) in [6, 6.07) is 7.20. The van der Waals surface area contributed by atoms with Crippen LogP contribution >= 0.6 is 0 Å². The largest absolute Gasteiger partial charge is 0.490 e. The van der Waals surface area contributed by atoms with Crippen LogP contribution in [0.25, 0.3) is 0 Å². The Morgan fingerprint density at radius 3 is 2.64 bits per heavy atom. The quantitative estimate of drug-likeness (QED) is 0.317. The van der Waals surface area contributed by atoms with Gasteiger partial charge >= 0.3 is 12.4 Å². The Morgan fingerprint density at radius 1 is 1.07 bits per heavy atom. The Kier molecular flexibility index (Phi) is 8.09. The van der Waals surface area contributed by atoms with Crippen LogP contribution in [0.15, 0.2) is 47.5 Å². The van der Waals surface area contributed by atoms with Gasteiger partial charge in [-0.3, -0.25) is 9.59 Å². The number of carbonyl (C=O) groups is 1. The number of halogens is 6.